The SMILES string of the molecule is C[C@@H](OC(=O)c1cc(-c2ccccc2)c(N2CCOCC2)s1)C(=O)N1CCCC1. The minimum absolute atomic E-state index is 0.107. The van der Waals surface area contributed by atoms with Crippen molar-refractivity contribution in [2.75, 3.05) is 44.3 Å². The Kier molecular flexibility index (Phi) is 6.16. The number of ether oxygens (including phenoxy) is 2. The molecule has 1 aromatic carbocycles. The second kappa shape index (κ2) is 8.97. The van der Waals surface area contributed by atoms with E-state index in [4.69, 9.17) is 9.47 Å². The van der Waals surface area contributed by atoms with Gasteiger partial charge in [0.05, 0.1) is 18.2 Å². The van der Waals surface area contributed by atoms with Crippen LogP contribution in [0.25, 0.3) is 11.1 Å². The monoisotopic (exact) mass is 414 g/mol. The molecule has 1 aromatic heterocycles. The summed E-state index contributed by atoms with van der Waals surface area (Å²) in [6.45, 7) is 6.09. The van der Waals surface area contributed by atoms with Gasteiger partial charge in [-0.25, -0.2) is 4.79 Å². The number of anilines is 1. The zero-order valence-corrected chi connectivity index (χ0v) is 17.5. The summed E-state index contributed by atoms with van der Waals surface area (Å²) in [6.07, 6.45) is 1.26. The Morgan fingerprint density at radius 1 is 1.07 bits per heavy atom. The number of thiophene rings is 1. The van der Waals surface area contributed by atoms with Gasteiger partial charge in [-0.1, -0.05) is 30.3 Å². The van der Waals surface area contributed by atoms with Crippen LogP contribution in [0.15, 0.2) is 36.4 Å². The van der Waals surface area contributed by atoms with Crippen molar-refractivity contribution in [2.24, 2.45) is 0 Å². The number of nitrogens with zero attached hydrogens (tertiary/aromatic N) is 2. The first-order chi connectivity index (χ1) is 14.1. The minimum Gasteiger partial charge on any atom is -0.448 e. The lowest BCUT2D eigenvalue weighted by Crippen LogP contribution is -2.38. The number of rotatable bonds is 5. The number of carbonyl (C=O) groups is 2. The van der Waals surface area contributed by atoms with Gasteiger partial charge in [0, 0.05) is 31.7 Å². The Balaban J connectivity index is 1.55. The van der Waals surface area contributed by atoms with E-state index in [-0.39, 0.29) is 5.91 Å². The van der Waals surface area contributed by atoms with E-state index in [0.29, 0.717) is 18.1 Å². The van der Waals surface area contributed by atoms with Crippen molar-refractivity contribution < 1.29 is 19.1 Å². The predicted molar refractivity (Wildman–Crippen MR) is 113 cm³/mol. The van der Waals surface area contributed by atoms with E-state index in [1.165, 1.54) is 11.3 Å². The molecule has 7 heteroatoms. The average Bonchev–Trinajstić information content (AvgIpc) is 3.45. The summed E-state index contributed by atoms with van der Waals surface area (Å²) in [4.78, 5) is 29.9. The van der Waals surface area contributed by atoms with E-state index < -0.39 is 12.1 Å². The molecule has 2 aliphatic rings. The van der Waals surface area contributed by atoms with Crippen molar-refractivity contribution in [3.05, 3.63) is 41.3 Å². The maximum absolute atomic E-state index is 12.8. The van der Waals surface area contributed by atoms with E-state index >= 15 is 0 Å². The van der Waals surface area contributed by atoms with E-state index in [9.17, 15) is 9.59 Å². The van der Waals surface area contributed by atoms with Gasteiger partial charge in [-0.3, -0.25) is 4.79 Å². The van der Waals surface area contributed by atoms with Crippen LogP contribution in [0, 0.1) is 0 Å². The number of hydrogen-bond acceptors (Lipinski definition) is 6. The molecule has 4 rings (SSSR count). The number of likely N-dealkylation sites (tertiary alicyclic amines) is 1. The van der Waals surface area contributed by atoms with E-state index in [0.717, 1.165) is 55.1 Å². The first-order valence-electron chi connectivity index (χ1n) is 10.1. The summed E-state index contributed by atoms with van der Waals surface area (Å²) >= 11 is 1.43. The Hall–Kier alpha value is -2.38. The number of morpholine rings is 1. The molecule has 154 valence electrons. The average molecular weight is 415 g/mol. The lowest BCUT2D eigenvalue weighted by molar-refractivity contribution is -0.138. The van der Waals surface area contributed by atoms with Crippen LogP contribution < -0.4 is 4.90 Å². The second-order valence-electron chi connectivity index (χ2n) is 7.37. The molecular formula is C22H26N2O4S. The fraction of sp³-hybridized carbons (Fsp3) is 0.455. The summed E-state index contributed by atoms with van der Waals surface area (Å²) in [5.74, 6) is -0.546. The summed E-state index contributed by atoms with van der Waals surface area (Å²) in [6, 6.07) is 11.9. The summed E-state index contributed by atoms with van der Waals surface area (Å²) in [5, 5.41) is 1.05. The van der Waals surface area contributed by atoms with E-state index in [1.54, 1.807) is 11.8 Å². The highest BCUT2D eigenvalue weighted by molar-refractivity contribution is 7.18. The molecule has 2 saturated heterocycles. The zero-order valence-electron chi connectivity index (χ0n) is 16.6. The Morgan fingerprint density at radius 3 is 2.45 bits per heavy atom. The van der Waals surface area contributed by atoms with Crippen molar-refractivity contribution >= 4 is 28.2 Å². The van der Waals surface area contributed by atoms with Crippen molar-refractivity contribution in [3.63, 3.8) is 0 Å². The number of carbonyl (C=O) groups excluding carboxylic acids is 2. The third-order valence-corrected chi connectivity index (χ3v) is 6.52. The molecular weight excluding hydrogens is 388 g/mol. The normalized spacial score (nSPS) is 18.0. The maximum Gasteiger partial charge on any atom is 0.349 e. The summed E-state index contributed by atoms with van der Waals surface area (Å²) in [5.41, 5.74) is 2.08. The van der Waals surface area contributed by atoms with Crippen LogP contribution in [0.2, 0.25) is 0 Å². The molecule has 0 spiro atoms. The molecule has 0 bridgehead atoms. The fourth-order valence-corrected chi connectivity index (χ4v) is 4.89. The van der Waals surface area contributed by atoms with Crippen LogP contribution in [-0.4, -0.2) is 62.3 Å². The number of esters is 1. The van der Waals surface area contributed by atoms with Gasteiger partial charge < -0.3 is 19.3 Å². The van der Waals surface area contributed by atoms with E-state index in [2.05, 4.69) is 4.90 Å². The van der Waals surface area contributed by atoms with Crippen molar-refractivity contribution in [2.45, 2.75) is 25.9 Å². The van der Waals surface area contributed by atoms with Crippen LogP contribution in [0.3, 0.4) is 0 Å². The Morgan fingerprint density at radius 2 is 1.76 bits per heavy atom. The topological polar surface area (TPSA) is 59.1 Å². The van der Waals surface area contributed by atoms with Crippen molar-refractivity contribution in [1.82, 2.24) is 4.90 Å². The molecule has 1 amide bonds. The van der Waals surface area contributed by atoms with Gasteiger partial charge in [0.25, 0.3) is 5.91 Å². The van der Waals surface area contributed by atoms with Gasteiger partial charge in [-0.2, -0.15) is 0 Å². The van der Waals surface area contributed by atoms with Gasteiger partial charge in [0.1, 0.15) is 4.88 Å². The molecule has 0 radical (unpaired) electrons. The molecule has 3 heterocycles. The molecule has 2 aromatic rings. The van der Waals surface area contributed by atoms with Crippen molar-refractivity contribution in [1.29, 1.82) is 0 Å². The van der Waals surface area contributed by atoms with Gasteiger partial charge in [0.2, 0.25) is 0 Å². The standard InChI is InChI=1S/C22H26N2O4S/c1-16(20(25)23-9-5-6-10-23)28-22(26)19-15-18(17-7-3-2-4-8-17)21(29-19)24-11-13-27-14-12-24/h2-4,7-8,15-16H,5-6,9-14H2,1H3/t16-/m1/s1. The highest BCUT2D eigenvalue weighted by Gasteiger charge is 2.28. The molecule has 0 aliphatic carbocycles. The predicted octanol–water partition coefficient (Wildman–Crippen LogP) is 3.42. The van der Waals surface area contributed by atoms with Gasteiger partial charge in [0.15, 0.2) is 6.10 Å². The molecule has 29 heavy (non-hydrogen) atoms. The van der Waals surface area contributed by atoms with Gasteiger partial charge >= 0.3 is 5.97 Å². The quantitative estimate of drug-likeness (QED) is 0.702. The molecule has 2 fully saturated rings. The Bertz CT molecular complexity index is 855. The molecule has 2 aliphatic heterocycles. The van der Waals surface area contributed by atoms with Crippen LogP contribution in [-0.2, 0) is 14.3 Å². The fourth-order valence-electron chi connectivity index (χ4n) is 3.77. The van der Waals surface area contributed by atoms with Gasteiger partial charge in [-0.05, 0) is 31.4 Å². The number of benzene rings is 1. The molecule has 1 atom stereocenters. The highest BCUT2D eigenvalue weighted by Crippen LogP contribution is 2.39. The van der Waals surface area contributed by atoms with Crippen molar-refractivity contribution in [3.8, 4) is 11.1 Å². The van der Waals surface area contributed by atoms with E-state index in [1.807, 2.05) is 36.4 Å². The maximum atomic E-state index is 12.8. The summed E-state index contributed by atoms with van der Waals surface area (Å²) < 4.78 is 11.0. The summed E-state index contributed by atoms with van der Waals surface area (Å²) in [7, 11) is 0. The third kappa shape index (κ3) is 4.46. The lowest BCUT2D eigenvalue weighted by Gasteiger charge is -2.28. The first-order valence-corrected chi connectivity index (χ1v) is 11.0. The largest absolute Gasteiger partial charge is 0.448 e. The van der Waals surface area contributed by atoms with Crippen LogP contribution in [0.5, 0.6) is 0 Å². The van der Waals surface area contributed by atoms with Gasteiger partial charge in [-0.15, -0.1) is 11.3 Å². The molecule has 0 N–H and O–H groups in total. The number of hydrogen-bond donors (Lipinski definition) is 0. The second-order valence-corrected chi connectivity index (χ2v) is 8.41. The van der Waals surface area contributed by atoms with Crippen LogP contribution >= 0.6 is 11.3 Å². The molecule has 0 unspecified atom stereocenters. The number of amides is 1. The Labute approximate surface area is 175 Å². The van der Waals surface area contributed by atoms with Crippen LogP contribution in [0.1, 0.15) is 29.4 Å². The molecule has 0 saturated carbocycles. The molecule has 6 nitrogen and oxygen atoms in total. The highest BCUT2D eigenvalue weighted by atomic mass is 32.1. The first kappa shape index (κ1) is 19.9. The minimum atomic E-state index is -0.769. The third-order valence-electron chi connectivity index (χ3n) is 5.35. The van der Waals surface area contributed by atoms with Crippen LogP contribution in [0.4, 0.5) is 5.00 Å². The zero-order chi connectivity index (χ0) is 20.2. The lowest BCUT2D eigenvalue weighted by atomic mass is 10.1. The smallest absolute Gasteiger partial charge is 0.349 e.